The van der Waals surface area contributed by atoms with Gasteiger partial charge in [0.05, 0.1) is 13.2 Å². The second-order valence-corrected chi connectivity index (χ2v) is 5.48. The SMILES string of the molecule is CCC(NC(=O)COc1ccc(Cl)cc1)c1ccc(OC)cc1. The van der Waals surface area contributed by atoms with Crippen LogP contribution < -0.4 is 14.8 Å². The summed E-state index contributed by atoms with van der Waals surface area (Å²) < 4.78 is 10.6. The third-order valence-corrected chi connectivity index (χ3v) is 3.70. The van der Waals surface area contributed by atoms with Gasteiger partial charge in [-0.1, -0.05) is 30.7 Å². The molecular formula is C18H20ClNO3. The van der Waals surface area contributed by atoms with Gasteiger partial charge in [-0.25, -0.2) is 0 Å². The highest BCUT2D eigenvalue weighted by Gasteiger charge is 2.13. The van der Waals surface area contributed by atoms with Crippen molar-refractivity contribution in [3.8, 4) is 11.5 Å². The Bertz CT molecular complexity index is 626. The number of hydrogen-bond donors (Lipinski definition) is 1. The molecule has 0 spiro atoms. The van der Waals surface area contributed by atoms with E-state index in [-0.39, 0.29) is 18.6 Å². The number of rotatable bonds is 7. The lowest BCUT2D eigenvalue weighted by Gasteiger charge is -2.18. The Morgan fingerprint density at radius 3 is 2.26 bits per heavy atom. The molecule has 1 amide bonds. The highest BCUT2D eigenvalue weighted by atomic mass is 35.5. The van der Waals surface area contributed by atoms with Gasteiger partial charge in [-0.3, -0.25) is 4.79 Å². The van der Waals surface area contributed by atoms with Crippen molar-refractivity contribution < 1.29 is 14.3 Å². The number of methoxy groups -OCH3 is 1. The van der Waals surface area contributed by atoms with Crippen molar-refractivity contribution in [2.24, 2.45) is 0 Å². The molecule has 0 radical (unpaired) electrons. The van der Waals surface area contributed by atoms with E-state index in [0.29, 0.717) is 10.8 Å². The smallest absolute Gasteiger partial charge is 0.258 e. The average Bonchev–Trinajstić information content (AvgIpc) is 2.59. The predicted molar refractivity (Wildman–Crippen MR) is 91.1 cm³/mol. The van der Waals surface area contributed by atoms with Gasteiger partial charge in [0, 0.05) is 5.02 Å². The van der Waals surface area contributed by atoms with Crippen molar-refractivity contribution in [3.63, 3.8) is 0 Å². The Hall–Kier alpha value is -2.20. The first kappa shape index (κ1) is 17.2. The molecule has 2 aromatic carbocycles. The fourth-order valence-corrected chi connectivity index (χ4v) is 2.30. The van der Waals surface area contributed by atoms with Crippen LogP contribution in [0.4, 0.5) is 0 Å². The molecule has 0 heterocycles. The van der Waals surface area contributed by atoms with Crippen LogP contribution in [0.5, 0.6) is 11.5 Å². The summed E-state index contributed by atoms with van der Waals surface area (Å²) in [4.78, 5) is 12.1. The van der Waals surface area contributed by atoms with Crippen LogP contribution in [0, 0.1) is 0 Å². The summed E-state index contributed by atoms with van der Waals surface area (Å²) in [5.41, 5.74) is 1.04. The minimum absolute atomic E-state index is 0.0334. The number of halogens is 1. The molecule has 1 unspecified atom stereocenters. The molecule has 23 heavy (non-hydrogen) atoms. The topological polar surface area (TPSA) is 47.6 Å². The standard InChI is InChI=1S/C18H20ClNO3/c1-3-17(13-4-8-15(22-2)9-5-13)20-18(21)12-23-16-10-6-14(19)7-11-16/h4-11,17H,3,12H2,1-2H3,(H,20,21). The molecule has 1 atom stereocenters. The van der Waals surface area contributed by atoms with Gasteiger partial charge >= 0.3 is 0 Å². The first-order valence-electron chi connectivity index (χ1n) is 7.44. The first-order valence-corrected chi connectivity index (χ1v) is 7.82. The number of carbonyl (C=O) groups is 1. The summed E-state index contributed by atoms with van der Waals surface area (Å²) in [6.07, 6.45) is 0.791. The lowest BCUT2D eigenvalue weighted by atomic mass is 10.0. The molecule has 2 aromatic rings. The molecule has 0 saturated heterocycles. The zero-order chi connectivity index (χ0) is 16.7. The maximum atomic E-state index is 12.1. The summed E-state index contributed by atoms with van der Waals surface area (Å²) in [7, 11) is 1.63. The van der Waals surface area contributed by atoms with E-state index in [9.17, 15) is 4.79 Å². The maximum Gasteiger partial charge on any atom is 0.258 e. The number of benzene rings is 2. The van der Waals surface area contributed by atoms with Crippen LogP contribution in [-0.4, -0.2) is 19.6 Å². The molecule has 5 heteroatoms. The zero-order valence-corrected chi connectivity index (χ0v) is 14.0. The van der Waals surface area contributed by atoms with Crippen LogP contribution in [0.1, 0.15) is 24.9 Å². The Morgan fingerprint density at radius 1 is 1.09 bits per heavy atom. The molecule has 1 N–H and O–H groups in total. The Labute approximate surface area is 141 Å². The van der Waals surface area contributed by atoms with Crippen LogP contribution in [0.15, 0.2) is 48.5 Å². The molecule has 2 rings (SSSR count). The zero-order valence-electron chi connectivity index (χ0n) is 13.2. The fraction of sp³-hybridized carbons (Fsp3) is 0.278. The monoisotopic (exact) mass is 333 g/mol. The minimum atomic E-state index is -0.164. The van der Waals surface area contributed by atoms with Crippen LogP contribution in [-0.2, 0) is 4.79 Å². The van der Waals surface area contributed by atoms with Crippen molar-refractivity contribution in [3.05, 3.63) is 59.1 Å². The minimum Gasteiger partial charge on any atom is -0.497 e. The van der Waals surface area contributed by atoms with E-state index in [2.05, 4.69) is 5.32 Å². The van der Waals surface area contributed by atoms with Gasteiger partial charge in [-0.15, -0.1) is 0 Å². The molecule has 0 aromatic heterocycles. The molecule has 4 nitrogen and oxygen atoms in total. The van der Waals surface area contributed by atoms with E-state index in [0.717, 1.165) is 17.7 Å². The van der Waals surface area contributed by atoms with E-state index in [1.165, 1.54) is 0 Å². The lowest BCUT2D eigenvalue weighted by molar-refractivity contribution is -0.123. The molecule has 0 aliphatic carbocycles. The quantitative estimate of drug-likeness (QED) is 0.833. The van der Waals surface area contributed by atoms with E-state index in [1.807, 2.05) is 31.2 Å². The van der Waals surface area contributed by atoms with Crippen LogP contribution in [0.25, 0.3) is 0 Å². The van der Waals surface area contributed by atoms with Crippen molar-refractivity contribution in [1.82, 2.24) is 5.32 Å². The first-order chi connectivity index (χ1) is 11.1. The van der Waals surface area contributed by atoms with Crippen molar-refractivity contribution in [1.29, 1.82) is 0 Å². The summed E-state index contributed by atoms with van der Waals surface area (Å²) in [6.45, 7) is 1.99. The van der Waals surface area contributed by atoms with Crippen molar-refractivity contribution in [2.45, 2.75) is 19.4 Å². The fourth-order valence-electron chi connectivity index (χ4n) is 2.17. The number of amides is 1. The van der Waals surface area contributed by atoms with Crippen LogP contribution >= 0.6 is 11.6 Å². The summed E-state index contributed by atoms with van der Waals surface area (Å²) >= 11 is 5.81. The highest BCUT2D eigenvalue weighted by molar-refractivity contribution is 6.30. The second kappa shape index (κ2) is 8.44. The molecule has 0 fully saturated rings. The summed E-state index contributed by atoms with van der Waals surface area (Å²) in [6, 6.07) is 14.5. The molecule has 122 valence electrons. The predicted octanol–water partition coefficient (Wildman–Crippen LogP) is 3.99. The van der Waals surface area contributed by atoms with E-state index in [4.69, 9.17) is 21.1 Å². The highest BCUT2D eigenvalue weighted by Crippen LogP contribution is 2.20. The normalized spacial score (nSPS) is 11.6. The number of ether oxygens (including phenoxy) is 2. The van der Waals surface area contributed by atoms with Gasteiger partial charge in [0.2, 0.25) is 0 Å². The molecule has 0 aliphatic heterocycles. The summed E-state index contributed by atoms with van der Waals surface area (Å²) in [5, 5.41) is 3.60. The van der Waals surface area contributed by atoms with Crippen LogP contribution in [0.3, 0.4) is 0 Å². The third-order valence-electron chi connectivity index (χ3n) is 3.45. The van der Waals surface area contributed by atoms with E-state index < -0.39 is 0 Å². The number of hydrogen-bond acceptors (Lipinski definition) is 3. The van der Waals surface area contributed by atoms with Gasteiger partial charge < -0.3 is 14.8 Å². The number of carbonyl (C=O) groups excluding carboxylic acids is 1. The van der Waals surface area contributed by atoms with Gasteiger partial charge in [-0.05, 0) is 48.4 Å². The van der Waals surface area contributed by atoms with Gasteiger partial charge in [0.1, 0.15) is 11.5 Å². The van der Waals surface area contributed by atoms with E-state index >= 15 is 0 Å². The Morgan fingerprint density at radius 2 is 1.70 bits per heavy atom. The van der Waals surface area contributed by atoms with Crippen molar-refractivity contribution >= 4 is 17.5 Å². The maximum absolute atomic E-state index is 12.1. The number of nitrogens with one attached hydrogen (secondary N) is 1. The van der Waals surface area contributed by atoms with Gasteiger partial charge in [0.25, 0.3) is 5.91 Å². The van der Waals surface area contributed by atoms with Crippen LogP contribution in [0.2, 0.25) is 5.02 Å². The van der Waals surface area contributed by atoms with Gasteiger partial charge in [0.15, 0.2) is 6.61 Å². The molecule has 0 bridgehead atoms. The third kappa shape index (κ3) is 5.18. The largest absolute Gasteiger partial charge is 0.497 e. The molecule has 0 saturated carbocycles. The molecule has 0 aliphatic rings. The van der Waals surface area contributed by atoms with Gasteiger partial charge in [-0.2, -0.15) is 0 Å². The Kier molecular flexibility index (Phi) is 6.29. The average molecular weight is 334 g/mol. The Balaban J connectivity index is 1.89. The van der Waals surface area contributed by atoms with E-state index in [1.54, 1.807) is 31.4 Å². The van der Waals surface area contributed by atoms with Crippen molar-refractivity contribution in [2.75, 3.05) is 13.7 Å². The second-order valence-electron chi connectivity index (χ2n) is 5.04. The lowest BCUT2D eigenvalue weighted by Crippen LogP contribution is -2.32. The summed E-state index contributed by atoms with van der Waals surface area (Å²) in [5.74, 6) is 1.24. The molecular weight excluding hydrogens is 314 g/mol.